The fourth-order valence-electron chi connectivity index (χ4n) is 4.75. The van der Waals surface area contributed by atoms with Gasteiger partial charge in [-0.15, -0.1) is 0 Å². The number of aromatic nitrogens is 2. The Morgan fingerprint density at radius 2 is 2.06 bits per heavy atom. The smallest absolute Gasteiger partial charge is 0.254 e. The van der Waals surface area contributed by atoms with Crippen molar-refractivity contribution in [3.63, 3.8) is 0 Å². The number of aliphatic hydroxyl groups is 1. The molecule has 5 rings (SSSR count). The van der Waals surface area contributed by atoms with Gasteiger partial charge < -0.3 is 20.1 Å². The van der Waals surface area contributed by atoms with Gasteiger partial charge >= 0.3 is 0 Å². The van der Waals surface area contributed by atoms with Gasteiger partial charge in [-0.25, -0.2) is 0 Å². The molecule has 8 heteroatoms. The second-order valence-electron chi connectivity index (χ2n) is 9.83. The van der Waals surface area contributed by atoms with Crippen LogP contribution < -0.4 is 10.1 Å². The van der Waals surface area contributed by atoms with Gasteiger partial charge in [0.05, 0.1) is 31.5 Å². The van der Waals surface area contributed by atoms with Crippen molar-refractivity contribution in [3.05, 3.63) is 71.5 Å². The zero-order valence-corrected chi connectivity index (χ0v) is 20.0. The number of β-amino-alcohol motifs (C(OH)–C–C–N with tert-alkyl or cyclic N) is 1. The summed E-state index contributed by atoms with van der Waals surface area (Å²) in [4.78, 5) is 28.0. The molecule has 2 aliphatic rings. The Kier molecular flexibility index (Phi) is 6.06. The number of hydrogen-bond donors (Lipinski definition) is 3. The Bertz CT molecular complexity index is 1230. The number of nitrogens with one attached hydrogen (secondary N) is 2. The second kappa shape index (κ2) is 9.19. The summed E-state index contributed by atoms with van der Waals surface area (Å²) in [6.45, 7) is 2.63. The average Bonchev–Trinajstić information content (AvgIpc) is 3.41. The topological polar surface area (TPSA) is 108 Å². The number of methoxy groups -OCH3 is 1. The summed E-state index contributed by atoms with van der Waals surface area (Å²) in [5.74, 6) is 0.848. The van der Waals surface area contributed by atoms with Crippen molar-refractivity contribution < 1.29 is 19.4 Å². The number of rotatable bonds is 7. The maximum Gasteiger partial charge on any atom is 0.254 e. The Labute approximate surface area is 204 Å². The van der Waals surface area contributed by atoms with Gasteiger partial charge in [0, 0.05) is 41.4 Å². The number of amides is 2. The molecule has 8 nitrogen and oxygen atoms in total. The van der Waals surface area contributed by atoms with Crippen LogP contribution >= 0.6 is 0 Å². The van der Waals surface area contributed by atoms with E-state index in [1.807, 2.05) is 24.3 Å². The van der Waals surface area contributed by atoms with E-state index in [4.69, 9.17) is 4.74 Å². The summed E-state index contributed by atoms with van der Waals surface area (Å²) in [6, 6.07) is 12.3. The fraction of sp³-hybridized carbons (Fsp3) is 0.370. The highest BCUT2D eigenvalue weighted by Gasteiger charge is 2.43. The highest BCUT2D eigenvalue weighted by Crippen LogP contribution is 2.40. The molecule has 2 fully saturated rings. The monoisotopic (exact) mass is 474 g/mol. The molecule has 1 saturated heterocycles. The number of hydrogen-bond acceptors (Lipinski definition) is 5. The first-order chi connectivity index (χ1) is 16.8. The van der Waals surface area contributed by atoms with Crippen LogP contribution in [0.3, 0.4) is 0 Å². The Balaban J connectivity index is 1.41. The van der Waals surface area contributed by atoms with Crippen molar-refractivity contribution in [1.29, 1.82) is 0 Å². The number of carbonyl (C=O) groups is 2. The van der Waals surface area contributed by atoms with E-state index >= 15 is 0 Å². The molecule has 0 unspecified atom stereocenters. The molecule has 3 aromatic rings. The summed E-state index contributed by atoms with van der Waals surface area (Å²) in [5, 5.41) is 20.7. The van der Waals surface area contributed by atoms with Crippen LogP contribution in [0.5, 0.6) is 5.75 Å². The van der Waals surface area contributed by atoms with E-state index in [0.717, 1.165) is 16.7 Å². The number of ether oxygens (including phenoxy) is 1. The van der Waals surface area contributed by atoms with Gasteiger partial charge in [-0.2, -0.15) is 5.10 Å². The minimum absolute atomic E-state index is 0.110. The maximum atomic E-state index is 13.6. The summed E-state index contributed by atoms with van der Waals surface area (Å²) in [6.07, 6.45) is 6.18. The molecule has 0 bridgehead atoms. The lowest BCUT2D eigenvalue weighted by Crippen LogP contribution is -2.35. The first kappa shape index (κ1) is 23.1. The van der Waals surface area contributed by atoms with E-state index < -0.39 is 5.60 Å². The van der Waals surface area contributed by atoms with Gasteiger partial charge in [0.2, 0.25) is 0 Å². The molecular formula is C27H30N4O4. The molecule has 3 N–H and O–H groups in total. The van der Waals surface area contributed by atoms with Crippen molar-refractivity contribution in [3.8, 4) is 16.9 Å². The SMILES string of the molecule is COc1cc(C(=O)N2C[C@](C)(O)C[C@@H]2c2cccc(C(=O)NCC3CC3)c2)ccc1-c1cn[nH]c1. The quantitative estimate of drug-likeness (QED) is 0.485. The zero-order chi connectivity index (χ0) is 24.6. The summed E-state index contributed by atoms with van der Waals surface area (Å²) in [5.41, 5.74) is 2.51. The van der Waals surface area contributed by atoms with Crippen LogP contribution in [0.25, 0.3) is 11.1 Å². The Morgan fingerprint density at radius 3 is 2.77 bits per heavy atom. The van der Waals surface area contributed by atoms with E-state index in [9.17, 15) is 14.7 Å². The van der Waals surface area contributed by atoms with Crippen LogP contribution in [0.4, 0.5) is 0 Å². The molecule has 1 saturated carbocycles. The second-order valence-corrected chi connectivity index (χ2v) is 9.83. The number of H-pyrrole nitrogens is 1. The minimum atomic E-state index is -1.04. The van der Waals surface area contributed by atoms with Gasteiger partial charge in [0.15, 0.2) is 0 Å². The number of likely N-dealkylation sites (tertiary alicyclic amines) is 1. The van der Waals surface area contributed by atoms with E-state index in [2.05, 4.69) is 15.5 Å². The van der Waals surface area contributed by atoms with Crippen molar-refractivity contribution in [2.75, 3.05) is 20.2 Å². The van der Waals surface area contributed by atoms with E-state index in [0.29, 0.717) is 35.8 Å². The van der Waals surface area contributed by atoms with E-state index in [-0.39, 0.29) is 24.4 Å². The van der Waals surface area contributed by atoms with Gasteiger partial charge in [0.1, 0.15) is 5.75 Å². The van der Waals surface area contributed by atoms with Gasteiger partial charge in [0.25, 0.3) is 11.8 Å². The number of nitrogens with zero attached hydrogens (tertiary/aromatic N) is 2. The molecule has 182 valence electrons. The molecule has 35 heavy (non-hydrogen) atoms. The molecule has 2 heterocycles. The van der Waals surface area contributed by atoms with Crippen LogP contribution in [-0.2, 0) is 0 Å². The molecule has 2 amide bonds. The van der Waals surface area contributed by atoms with Crippen molar-refractivity contribution in [1.82, 2.24) is 20.4 Å². The molecule has 2 aromatic carbocycles. The molecule has 1 aromatic heterocycles. The fourth-order valence-corrected chi connectivity index (χ4v) is 4.75. The number of carbonyl (C=O) groups excluding carboxylic acids is 2. The molecular weight excluding hydrogens is 444 g/mol. The van der Waals surface area contributed by atoms with Crippen LogP contribution in [0.15, 0.2) is 54.9 Å². The van der Waals surface area contributed by atoms with Crippen molar-refractivity contribution >= 4 is 11.8 Å². The first-order valence-electron chi connectivity index (χ1n) is 11.9. The third-order valence-corrected chi connectivity index (χ3v) is 6.82. The molecule has 1 aliphatic heterocycles. The third kappa shape index (κ3) is 4.93. The van der Waals surface area contributed by atoms with Crippen molar-refractivity contribution in [2.45, 2.75) is 37.8 Å². The van der Waals surface area contributed by atoms with Crippen LogP contribution in [0.2, 0.25) is 0 Å². The summed E-state index contributed by atoms with van der Waals surface area (Å²) < 4.78 is 5.56. The lowest BCUT2D eigenvalue weighted by Gasteiger charge is -2.25. The van der Waals surface area contributed by atoms with Crippen molar-refractivity contribution in [2.24, 2.45) is 5.92 Å². The number of benzene rings is 2. The molecule has 0 spiro atoms. The number of aromatic amines is 1. The third-order valence-electron chi connectivity index (χ3n) is 6.82. The van der Waals surface area contributed by atoms with Crippen LogP contribution in [0.1, 0.15) is 58.5 Å². The van der Waals surface area contributed by atoms with E-state index in [1.165, 1.54) is 12.8 Å². The first-order valence-corrected chi connectivity index (χ1v) is 11.9. The van der Waals surface area contributed by atoms with Gasteiger partial charge in [-0.3, -0.25) is 14.7 Å². The molecule has 0 radical (unpaired) electrons. The minimum Gasteiger partial charge on any atom is -0.496 e. The Hall–Kier alpha value is -3.65. The summed E-state index contributed by atoms with van der Waals surface area (Å²) >= 11 is 0. The molecule has 2 atom stereocenters. The van der Waals surface area contributed by atoms with Gasteiger partial charge in [-0.1, -0.05) is 12.1 Å². The maximum absolute atomic E-state index is 13.6. The highest BCUT2D eigenvalue weighted by atomic mass is 16.5. The normalized spacial score (nSPS) is 21.7. The van der Waals surface area contributed by atoms with E-state index in [1.54, 1.807) is 49.5 Å². The zero-order valence-electron chi connectivity index (χ0n) is 20.0. The largest absolute Gasteiger partial charge is 0.496 e. The predicted molar refractivity (Wildman–Crippen MR) is 131 cm³/mol. The highest BCUT2D eigenvalue weighted by molar-refractivity contribution is 5.97. The molecule has 1 aliphatic carbocycles. The van der Waals surface area contributed by atoms with Gasteiger partial charge in [-0.05, 0) is 61.6 Å². The lowest BCUT2D eigenvalue weighted by atomic mass is 9.96. The summed E-state index contributed by atoms with van der Waals surface area (Å²) in [7, 11) is 1.57. The average molecular weight is 475 g/mol. The predicted octanol–water partition coefficient (Wildman–Crippen LogP) is 3.56. The lowest BCUT2D eigenvalue weighted by molar-refractivity contribution is 0.0565. The van der Waals surface area contributed by atoms with Crippen LogP contribution in [-0.4, -0.2) is 57.8 Å². The standard InChI is InChI=1S/C27H30N4O4/c1-27(34)12-23(18-4-3-5-19(10-18)25(32)28-13-17-6-7-17)31(16-27)26(33)20-8-9-22(24(11-20)35-2)21-14-29-30-15-21/h3-5,8-11,14-15,17,23,34H,6-7,12-13,16H2,1-2H3,(H,28,32)(H,29,30)/t23-,27-/m1/s1. The Morgan fingerprint density at radius 1 is 1.23 bits per heavy atom. The van der Waals surface area contributed by atoms with Crippen LogP contribution in [0, 0.1) is 5.92 Å².